The minimum atomic E-state index is 0. The number of ether oxygens (including phenoxy) is 1. The standard InChI is InChI=1S/C20H30N4O2.HI/c1-3-14-26-18-9-6-5-8-16(18)15-23-20(21-4-2)22-13-7-10-19(25)24-17-11-12-17;/h3,5-6,8-9,17H,1,4,7,10-15H2,2H3,(H,24,25)(H2,21,22,23);1H. The van der Waals surface area contributed by atoms with Gasteiger partial charge in [-0.05, 0) is 32.3 Å². The number of halogens is 1. The zero-order valence-corrected chi connectivity index (χ0v) is 18.3. The van der Waals surface area contributed by atoms with Crippen molar-refractivity contribution in [3.05, 3.63) is 42.5 Å². The predicted octanol–water partition coefficient (Wildman–Crippen LogP) is 2.98. The lowest BCUT2D eigenvalue weighted by Crippen LogP contribution is -2.38. The summed E-state index contributed by atoms with van der Waals surface area (Å²) in [5.41, 5.74) is 1.02. The van der Waals surface area contributed by atoms with Gasteiger partial charge in [0.1, 0.15) is 12.4 Å². The largest absolute Gasteiger partial charge is 0.489 e. The highest BCUT2D eigenvalue weighted by atomic mass is 127. The summed E-state index contributed by atoms with van der Waals surface area (Å²) in [6, 6.07) is 8.30. The first kappa shape index (κ1) is 23.3. The number of rotatable bonds is 11. The maximum atomic E-state index is 11.7. The van der Waals surface area contributed by atoms with E-state index in [1.807, 2.05) is 31.2 Å². The first-order valence-electron chi connectivity index (χ1n) is 9.36. The molecule has 27 heavy (non-hydrogen) atoms. The molecule has 150 valence electrons. The molecule has 0 spiro atoms. The molecule has 0 heterocycles. The molecule has 1 aromatic carbocycles. The van der Waals surface area contributed by atoms with Crippen LogP contribution in [0.1, 0.15) is 38.2 Å². The van der Waals surface area contributed by atoms with E-state index in [0.29, 0.717) is 32.2 Å². The molecule has 0 unspecified atom stereocenters. The molecule has 1 saturated carbocycles. The van der Waals surface area contributed by atoms with Crippen molar-refractivity contribution < 1.29 is 9.53 Å². The quantitative estimate of drug-likeness (QED) is 0.148. The lowest BCUT2D eigenvalue weighted by molar-refractivity contribution is -0.121. The van der Waals surface area contributed by atoms with Crippen LogP contribution >= 0.6 is 24.0 Å². The van der Waals surface area contributed by atoms with E-state index >= 15 is 0 Å². The summed E-state index contributed by atoms with van der Waals surface area (Å²) < 4.78 is 5.67. The average Bonchev–Trinajstić information content (AvgIpc) is 3.46. The fourth-order valence-corrected chi connectivity index (χ4v) is 2.41. The molecule has 0 radical (unpaired) electrons. The van der Waals surface area contributed by atoms with Crippen molar-refractivity contribution in [1.82, 2.24) is 16.0 Å². The molecule has 0 bridgehead atoms. The predicted molar refractivity (Wildman–Crippen MR) is 121 cm³/mol. The third kappa shape index (κ3) is 9.65. The monoisotopic (exact) mass is 486 g/mol. The first-order valence-corrected chi connectivity index (χ1v) is 9.36. The van der Waals surface area contributed by atoms with E-state index in [9.17, 15) is 4.79 Å². The molecule has 7 heteroatoms. The van der Waals surface area contributed by atoms with Gasteiger partial charge in [0.25, 0.3) is 0 Å². The Bertz CT molecular complexity index is 618. The number of nitrogens with zero attached hydrogens (tertiary/aromatic N) is 1. The molecule has 0 atom stereocenters. The Morgan fingerprint density at radius 3 is 2.81 bits per heavy atom. The third-order valence-electron chi connectivity index (χ3n) is 3.90. The summed E-state index contributed by atoms with van der Waals surface area (Å²) in [6.07, 6.45) is 5.30. The molecule has 0 saturated heterocycles. The molecular weight excluding hydrogens is 455 g/mol. The molecule has 6 nitrogen and oxygen atoms in total. The van der Waals surface area contributed by atoms with Crippen LogP contribution in [0.3, 0.4) is 0 Å². The molecule has 1 aliphatic rings. The highest BCUT2D eigenvalue weighted by molar-refractivity contribution is 14.0. The molecule has 1 aliphatic carbocycles. The highest BCUT2D eigenvalue weighted by Crippen LogP contribution is 2.19. The van der Waals surface area contributed by atoms with Gasteiger partial charge in [0.15, 0.2) is 5.96 Å². The van der Waals surface area contributed by atoms with Gasteiger partial charge in [-0.25, -0.2) is 4.99 Å². The van der Waals surface area contributed by atoms with Gasteiger partial charge in [-0.3, -0.25) is 4.79 Å². The zero-order chi connectivity index (χ0) is 18.6. The molecular formula is C20H31IN4O2. The second kappa shape index (κ2) is 13.4. The van der Waals surface area contributed by atoms with E-state index in [2.05, 4.69) is 27.5 Å². The van der Waals surface area contributed by atoms with Crippen molar-refractivity contribution >= 4 is 35.8 Å². The summed E-state index contributed by atoms with van der Waals surface area (Å²) in [6.45, 7) is 8.19. The number of carbonyl (C=O) groups is 1. The number of hydrogen-bond donors (Lipinski definition) is 3. The number of nitrogens with one attached hydrogen (secondary N) is 3. The van der Waals surface area contributed by atoms with Crippen LogP contribution in [0.25, 0.3) is 0 Å². The van der Waals surface area contributed by atoms with Crippen molar-refractivity contribution in [2.45, 2.75) is 45.2 Å². The van der Waals surface area contributed by atoms with Crippen LogP contribution in [-0.4, -0.2) is 37.6 Å². The van der Waals surface area contributed by atoms with E-state index in [4.69, 9.17) is 4.74 Å². The third-order valence-corrected chi connectivity index (χ3v) is 3.90. The number of carbonyl (C=O) groups excluding carboxylic acids is 1. The van der Waals surface area contributed by atoms with Gasteiger partial charge in [-0.2, -0.15) is 0 Å². The topological polar surface area (TPSA) is 74.8 Å². The van der Waals surface area contributed by atoms with Gasteiger partial charge >= 0.3 is 0 Å². The van der Waals surface area contributed by atoms with E-state index < -0.39 is 0 Å². The first-order chi connectivity index (χ1) is 12.7. The van der Waals surface area contributed by atoms with Crippen LogP contribution in [0.5, 0.6) is 5.75 Å². The van der Waals surface area contributed by atoms with Gasteiger partial charge in [0.05, 0.1) is 6.54 Å². The Morgan fingerprint density at radius 1 is 1.33 bits per heavy atom. The fourth-order valence-electron chi connectivity index (χ4n) is 2.41. The maximum absolute atomic E-state index is 11.7. The van der Waals surface area contributed by atoms with Gasteiger partial charge in [-0.1, -0.05) is 30.9 Å². The van der Waals surface area contributed by atoms with Crippen LogP contribution < -0.4 is 20.7 Å². The minimum Gasteiger partial charge on any atom is -0.489 e. The second-order valence-electron chi connectivity index (χ2n) is 6.27. The summed E-state index contributed by atoms with van der Waals surface area (Å²) >= 11 is 0. The Morgan fingerprint density at radius 2 is 2.11 bits per heavy atom. The van der Waals surface area contributed by atoms with E-state index in [-0.39, 0.29) is 29.9 Å². The van der Waals surface area contributed by atoms with E-state index in [0.717, 1.165) is 43.1 Å². The molecule has 1 fully saturated rings. The maximum Gasteiger partial charge on any atom is 0.220 e. The summed E-state index contributed by atoms with van der Waals surface area (Å²) in [5.74, 6) is 1.71. The molecule has 1 aromatic rings. The fraction of sp³-hybridized carbons (Fsp3) is 0.500. The minimum absolute atomic E-state index is 0. The van der Waals surface area contributed by atoms with Crippen molar-refractivity contribution in [2.24, 2.45) is 4.99 Å². The van der Waals surface area contributed by atoms with E-state index in [1.165, 1.54) is 0 Å². The number of para-hydroxylation sites is 1. The number of guanidine groups is 1. The lowest BCUT2D eigenvalue weighted by Gasteiger charge is -2.12. The second-order valence-corrected chi connectivity index (χ2v) is 6.27. The molecule has 2 rings (SSSR count). The smallest absolute Gasteiger partial charge is 0.220 e. The summed E-state index contributed by atoms with van der Waals surface area (Å²) in [4.78, 5) is 16.3. The Hall–Kier alpha value is -1.77. The van der Waals surface area contributed by atoms with Gasteiger partial charge in [-0.15, -0.1) is 24.0 Å². The molecule has 3 N–H and O–H groups in total. The normalized spacial score (nSPS) is 13.3. The van der Waals surface area contributed by atoms with Crippen molar-refractivity contribution in [1.29, 1.82) is 0 Å². The number of benzene rings is 1. The van der Waals surface area contributed by atoms with E-state index in [1.54, 1.807) is 6.08 Å². The Kier molecular flexibility index (Phi) is 11.6. The lowest BCUT2D eigenvalue weighted by atomic mass is 10.2. The molecule has 0 aliphatic heterocycles. The SMILES string of the molecule is C=CCOc1ccccc1CN=C(NCC)NCCCC(=O)NC1CC1.I. The van der Waals surface area contributed by atoms with Crippen LogP contribution in [-0.2, 0) is 11.3 Å². The molecule has 1 amide bonds. The molecule has 0 aromatic heterocycles. The van der Waals surface area contributed by atoms with Crippen LogP contribution in [0.4, 0.5) is 0 Å². The average molecular weight is 486 g/mol. The van der Waals surface area contributed by atoms with Crippen molar-refractivity contribution in [3.8, 4) is 5.75 Å². The van der Waals surface area contributed by atoms with Gasteiger partial charge in [0.2, 0.25) is 5.91 Å². The summed E-state index contributed by atoms with van der Waals surface area (Å²) in [5, 5.41) is 9.51. The Balaban J connectivity index is 0.00000364. The van der Waals surface area contributed by atoms with Crippen LogP contribution in [0.2, 0.25) is 0 Å². The zero-order valence-electron chi connectivity index (χ0n) is 16.0. The van der Waals surface area contributed by atoms with Gasteiger partial charge in [0, 0.05) is 31.1 Å². The van der Waals surface area contributed by atoms with Gasteiger partial charge < -0.3 is 20.7 Å². The number of hydrogen-bond acceptors (Lipinski definition) is 3. The van der Waals surface area contributed by atoms with Crippen molar-refractivity contribution in [3.63, 3.8) is 0 Å². The summed E-state index contributed by atoms with van der Waals surface area (Å²) in [7, 11) is 0. The Labute approximate surface area is 179 Å². The van der Waals surface area contributed by atoms with Crippen LogP contribution in [0, 0.1) is 0 Å². The number of aliphatic imine (C=N–C) groups is 1. The number of amides is 1. The highest BCUT2D eigenvalue weighted by Gasteiger charge is 2.22. The van der Waals surface area contributed by atoms with Crippen molar-refractivity contribution in [2.75, 3.05) is 19.7 Å². The van der Waals surface area contributed by atoms with Crippen LogP contribution in [0.15, 0.2) is 41.9 Å².